The van der Waals surface area contributed by atoms with Crippen LogP contribution in [0.4, 0.5) is 0 Å². The number of benzene rings is 1. The highest BCUT2D eigenvalue weighted by atomic mass is 35.5. The first-order valence-corrected chi connectivity index (χ1v) is 6.25. The molecule has 5 heteroatoms. The van der Waals surface area contributed by atoms with Gasteiger partial charge in [-0.25, -0.2) is 0 Å². The van der Waals surface area contributed by atoms with Crippen molar-refractivity contribution in [2.75, 3.05) is 13.1 Å². The molecule has 0 radical (unpaired) electrons. The van der Waals surface area contributed by atoms with Gasteiger partial charge in [-0.2, -0.15) is 0 Å². The van der Waals surface area contributed by atoms with Crippen molar-refractivity contribution in [3.05, 3.63) is 35.9 Å². The standard InChI is InChI=1S/C12H15Cl2NO2/c13-11(14)8-15-7-6-10(12(16)17)9-4-2-1-3-5-9/h1-5,10-11,15H,6-8H2,(H,16,17). The molecule has 0 aromatic heterocycles. The second-order valence-corrected chi connectivity index (χ2v) is 4.96. The molecule has 1 unspecified atom stereocenters. The molecule has 0 fully saturated rings. The second kappa shape index (κ2) is 7.54. The third-order valence-corrected chi connectivity index (χ3v) is 2.72. The smallest absolute Gasteiger partial charge is 0.311 e. The molecule has 0 bridgehead atoms. The Morgan fingerprint density at radius 1 is 1.29 bits per heavy atom. The van der Waals surface area contributed by atoms with Gasteiger partial charge in [-0.15, -0.1) is 23.2 Å². The van der Waals surface area contributed by atoms with Crippen molar-refractivity contribution >= 4 is 29.2 Å². The highest BCUT2D eigenvalue weighted by Gasteiger charge is 2.18. The molecule has 0 saturated heterocycles. The first-order chi connectivity index (χ1) is 8.11. The first-order valence-electron chi connectivity index (χ1n) is 5.38. The Bertz CT molecular complexity index is 344. The Kier molecular flexibility index (Phi) is 6.34. The molecule has 17 heavy (non-hydrogen) atoms. The molecule has 0 amide bonds. The van der Waals surface area contributed by atoms with Crippen LogP contribution in [0.3, 0.4) is 0 Å². The highest BCUT2D eigenvalue weighted by molar-refractivity contribution is 6.44. The topological polar surface area (TPSA) is 49.3 Å². The van der Waals surface area contributed by atoms with Gasteiger partial charge in [0, 0.05) is 6.54 Å². The lowest BCUT2D eigenvalue weighted by atomic mass is 9.96. The number of halogens is 2. The molecule has 0 aliphatic carbocycles. The van der Waals surface area contributed by atoms with Crippen LogP contribution in [0.25, 0.3) is 0 Å². The van der Waals surface area contributed by atoms with Gasteiger partial charge in [-0.05, 0) is 18.5 Å². The zero-order valence-electron chi connectivity index (χ0n) is 9.27. The largest absolute Gasteiger partial charge is 0.481 e. The molecule has 1 atom stereocenters. The summed E-state index contributed by atoms with van der Waals surface area (Å²) >= 11 is 11.1. The van der Waals surface area contributed by atoms with Gasteiger partial charge in [0.1, 0.15) is 4.84 Å². The normalized spacial score (nSPS) is 12.6. The Morgan fingerprint density at radius 3 is 2.47 bits per heavy atom. The second-order valence-electron chi connectivity index (χ2n) is 3.69. The van der Waals surface area contributed by atoms with Gasteiger partial charge in [-0.3, -0.25) is 4.79 Å². The molecule has 2 N–H and O–H groups in total. The number of carboxylic acid groups (broad SMARTS) is 1. The molecule has 0 heterocycles. The predicted octanol–water partition coefficient (Wildman–Crippen LogP) is 2.64. The van der Waals surface area contributed by atoms with Gasteiger partial charge in [-0.1, -0.05) is 30.3 Å². The minimum Gasteiger partial charge on any atom is -0.481 e. The monoisotopic (exact) mass is 275 g/mol. The van der Waals surface area contributed by atoms with Crippen molar-refractivity contribution in [1.29, 1.82) is 0 Å². The number of carbonyl (C=O) groups is 1. The van der Waals surface area contributed by atoms with Crippen LogP contribution in [0.15, 0.2) is 30.3 Å². The molecular formula is C12H15Cl2NO2. The van der Waals surface area contributed by atoms with Crippen LogP contribution in [-0.2, 0) is 4.79 Å². The van der Waals surface area contributed by atoms with E-state index in [-0.39, 0.29) is 0 Å². The van der Waals surface area contributed by atoms with Gasteiger partial charge >= 0.3 is 5.97 Å². The fraction of sp³-hybridized carbons (Fsp3) is 0.417. The lowest BCUT2D eigenvalue weighted by molar-refractivity contribution is -0.138. The maximum atomic E-state index is 11.1. The van der Waals surface area contributed by atoms with Crippen LogP contribution in [0.1, 0.15) is 17.9 Å². The summed E-state index contributed by atoms with van der Waals surface area (Å²) in [7, 11) is 0. The third kappa shape index (κ3) is 5.39. The Morgan fingerprint density at radius 2 is 1.94 bits per heavy atom. The summed E-state index contributed by atoms with van der Waals surface area (Å²) in [5.41, 5.74) is 0.815. The molecule has 0 aliphatic rings. The number of nitrogens with one attached hydrogen (secondary N) is 1. The van der Waals surface area contributed by atoms with E-state index in [0.717, 1.165) is 5.56 Å². The van der Waals surface area contributed by atoms with Gasteiger partial charge in [0.05, 0.1) is 5.92 Å². The van der Waals surface area contributed by atoms with E-state index in [9.17, 15) is 4.79 Å². The molecule has 1 rings (SSSR count). The van der Waals surface area contributed by atoms with E-state index in [4.69, 9.17) is 28.3 Å². The molecule has 1 aromatic carbocycles. The quantitative estimate of drug-likeness (QED) is 0.594. The maximum absolute atomic E-state index is 11.1. The average molecular weight is 276 g/mol. The first kappa shape index (κ1) is 14.3. The van der Waals surface area contributed by atoms with Crippen molar-refractivity contribution in [2.24, 2.45) is 0 Å². The average Bonchev–Trinajstić information content (AvgIpc) is 2.29. The molecular weight excluding hydrogens is 261 g/mol. The zero-order chi connectivity index (χ0) is 12.7. The van der Waals surface area contributed by atoms with E-state index in [0.29, 0.717) is 19.5 Å². The Labute approximate surface area is 111 Å². The summed E-state index contributed by atoms with van der Waals surface area (Å²) in [6.07, 6.45) is 0.514. The molecule has 0 spiro atoms. The van der Waals surface area contributed by atoms with Gasteiger partial charge in [0.25, 0.3) is 0 Å². The van der Waals surface area contributed by atoms with E-state index >= 15 is 0 Å². The number of rotatable bonds is 7. The predicted molar refractivity (Wildman–Crippen MR) is 69.8 cm³/mol. The van der Waals surface area contributed by atoms with Crippen LogP contribution in [0.5, 0.6) is 0 Å². The van der Waals surface area contributed by atoms with E-state index in [2.05, 4.69) is 5.32 Å². The van der Waals surface area contributed by atoms with Crippen LogP contribution >= 0.6 is 23.2 Å². The summed E-state index contributed by atoms with van der Waals surface area (Å²) < 4.78 is 0. The van der Waals surface area contributed by atoms with E-state index in [1.165, 1.54) is 0 Å². The molecule has 0 saturated carbocycles. The summed E-state index contributed by atoms with van der Waals surface area (Å²) in [6, 6.07) is 9.19. The van der Waals surface area contributed by atoms with Crippen LogP contribution in [0.2, 0.25) is 0 Å². The van der Waals surface area contributed by atoms with Crippen molar-refractivity contribution < 1.29 is 9.90 Å². The summed E-state index contributed by atoms with van der Waals surface area (Å²) in [4.78, 5) is 10.7. The zero-order valence-corrected chi connectivity index (χ0v) is 10.8. The molecule has 0 aliphatic heterocycles. The Balaban J connectivity index is 2.48. The van der Waals surface area contributed by atoms with Gasteiger partial charge in [0.2, 0.25) is 0 Å². The highest BCUT2D eigenvalue weighted by Crippen LogP contribution is 2.19. The number of carboxylic acids is 1. The fourth-order valence-electron chi connectivity index (χ4n) is 1.58. The van der Waals surface area contributed by atoms with E-state index in [1.54, 1.807) is 0 Å². The van der Waals surface area contributed by atoms with Crippen molar-refractivity contribution in [2.45, 2.75) is 17.2 Å². The lowest BCUT2D eigenvalue weighted by Crippen LogP contribution is -2.24. The minimum atomic E-state index is -0.814. The molecule has 94 valence electrons. The number of aliphatic carboxylic acids is 1. The van der Waals surface area contributed by atoms with Crippen molar-refractivity contribution in [3.63, 3.8) is 0 Å². The summed E-state index contributed by atoms with van der Waals surface area (Å²) in [5, 5.41) is 12.2. The number of hydrogen-bond donors (Lipinski definition) is 2. The van der Waals surface area contributed by atoms with Crippen LogP contribution in [0, 0.1) is 0 Å². The van der Waals surface area contributed by atoms with E-state index in [1.807, 2.05) is 30.3 Å². The van der Waals surface area contributed by atoms with Gasteiger partial charge < -0.3 is 10.4 Å². The maximum Gasteiger partial charge on any atom is 0.311 e. The third-order valence-electron chi connectivity index (χ3n) is 2.41. The van der Waals surface area contributed by atoms with Crippen LogP contribution in [-0.4, -0.2) is 29.0 Å². The van der Waals surface area contributed by atoms with E-state index < -0.39 is 16.7 Å². The van der Waals surface area contributed by atoms with Gasteiger partial charge in [0.15, 0.2) is 0 Å². The molecule has 3 nitrogen and oxygen atoms in total. The number of alkyl halides is 2. The van der Waals surface area contributed by atoms with Crippen molar-refractivity contribution in [1.82, 2.24) is 5.32 Å². The lowest BCUT2D eigenvalue weighted by Gasteiger charge is -2.13. The Hall–Kier alpha value is -0.770. The summed E-state index contributed by atoms with van der Waals surface area (Å²) in [6.45, 7) is 1.03. The van der Waals surface area contributed by atoms with Crippen molar-refractivity contribution in [3.8, 4) is 0 Å². The summed E-state index contributed by atoms with van der Waals surface area (Å²) in [5.74, 6) is -1.31. The minimum absolute atomic E-state index is 0.463. The fourth-order valence-corrected chi connectivity index (χ4v) is 1.79. The van der Waals surface area contributed by atoms with Crippen LogP contribution < -0.4 is 5.32 Å². The number of hydrogen-bond acceptors (Lipinski definition) is 2. The SMILES string of the molecule is O=C(O)C(CCNCC(Cl)Cl)c1ccccc1. The molecule has 1 aromatic rings.